The van der Waals surface area contributed by atoms with Crippen LogP contribution in [0.1, 0.15) is 37.9 Å². The highest BCUT2D eigenvalue weighted by molar-refractivity contribution is 7.07. The number of carbonyl (C=O) groups excluding carboxylic acids is 3. The lowest BCUT2D eigenvalue weighted by molar-refractivity contribution is -0.137. The first-order valence-corrected chi connectivity index (χ1v) is 12.2. The summed E-state index contributed by atoms with van der Waals surface area (Å²) >= 11 is 7.18. The molecule has 0 fully saturated rings. The molecule has 0 unspecified atom stereocenters. The molecule has 11 heteroatoms. The zero-order valence-electron chi connectivity index (χ0n) is 20.2. The van der Waals surface area contributed by atoms with Crippen LogP contribution in [0.5, 0.6) is 11.5 Å². The number of hydrogen-bond acceptors (Lipinski definition) is 9. The number of thiazole rings is 1. The number of benzene rings is 2. The van der Waals surface area contributed by atoms with E-state index in [2.05, 4.69) is 4.99 Å². The van der Waals surface area contributed by atoms with Crippen molar-refractivity contribution in [2.75, 3.05) is 7.11 Å². The summed E-state index contributed by atoms with van der Waals surface area (Å²) in [5.74, 6) is -1.43. The van der Waals surface area contributed by atoms with Crippen LogP contribution in [0.15, 0.2) is 63.5 Å². The van der Waals surface area contributed by atoms with Gasteiger partial charge in [-0.05, 0) is 42.8 Å². The summed E-state index contributed by atoms with van der Waals surface area (Å²) in [4.78, 5) is 54.3. The molecule has 2 aromatic carbocycles. The molecule has 0 saturated carbocycles. The van der Waals surface area contributed by atoms with E-state index in [0.717, 1.165) is 11.3 Å². The Labute approximate surface area is 219 Å². The van der Waals surface area contributed by atoms with Gasteiger partial charge in [0.1, 0.15) is 11.5 Å². The lowest BCUT2D eigenvalue weighted by Gasteiger charge is -2.24. The minimum Gasteiger partial charge on any atom is -0.466 e. The van der Waals surface area contributed by atoms with E-state index in [-0.39, 0.29) is 21.6 Å². The van der Waals surface area contributed by atoms with Gasteiger partial charge in [-0.1, -0.05) is 35.1 Å². The fourth-order valence-corrected chi connectivity index (χ4v) is 5.06. The first-order valence-electron chi connectivity index (χ1n) is 11.0. The Morgan fingerprint density at radius 3 is 2.35 bits per heavy atom. The lowest BCUT2D eigenvalue weighted by Crippen LogP contribution is -2.39. The van der Waals surface area contributed by atoms with Crippen molar-refractivity contribution in [1.82, 2.24) is 4.57 Å². The number of carbonyl (C=O) groups is 3. The van der Waals surface area contributed by atoms with Gasteiger partial charge in [0.05, 0.1) is 29.0 Å². The van der Waals surface area contributed by atoms with Gasteiger partial charge in [-0.3, -0.25) is 19.0 Å². The SMILES string of the molecule is COC(=O)C1=C(C)N=c2s/c(=C\c3ccc(OC(C)=O)cc3OC(C)=O)c(=O)n2[C@@H]1c1ccc(Cl)cc1. The molecule has 9 nitrogen and oxygen atoms in total. The Hall–Kier alpha value is -4.02. The smallest absolute Gasteiger partial charge is 0.338 e. The summed E-state index contributed by atoms with van der Waals surface area (Å²) in [7, 11) is 1.27. The van der Waals surface area contributed by atoms with Crippen molar-refractivity contribution in [2.24, 2.45) is 4.99 Å². The van der Waals surface area contributed by atoms with Gasteiger partial charge in [-0.25, -0.2) is 9.79 Å². The van der Waals surface area contributed by atoms with Crippen molar-refractivity contribution < 1.29 is 28.6 Å². The molecule has 0 saturated heterocycles. The van der Waals surface area contributed by atoms with Crippen LogP contribution in [0.3, 0.4) is 0 Å². The molecule has 0 aliphatic carbocycles. The van der Waals surface area contributed by atoms with Crippen LogP contribution in [-0.4, -0.2) is 29.6 Å². The minimum atomic E-state index is -0.789. The molecule has 1 aliphatic heterocycles. The maximum absolute atomic E-state index is 13.7. The van der Waals surface area contributed by atoms with Crippen molar-refractivity contribution in [1.29, 1.82) is 0 Å². The van der Waals surface area contributed by atoms with Crippen LogP contribution < -0.4 is 24.4 Å². The van der Waals surface area contributed by atoms with Gasteiger partial charge in [0, 0.05) is 30.5 Å². The van der Waals surface area contributed by atoms with Gasteiger partial charge < -0.3 is 14.2 Å². The molecule has 0 radical (unpaired) electrons. The Morgan fingerprint density at radius 2 is 1.73 bits per heavy atom. The van der Waals surface area contributed by atoms with Crippen LogP contribution in [-0.2, 0) is 19.1 Å². The Bertz CT molecular complexity index is 1630. The zero-order chi connectivity index (χ0) is 26.9. The average molecular weight is 541 g/mol. The predicted molar refractivity (Wildman–Crippen MR) is 136 cm³/mol. The maximum Gasteiger partial charge on any atom is 0.338 e. The monoisotopic (exact) mass is 540 g/mol. The van der Waals surface area contributed by atoms with Gasteiger partial charge in [-0.15, -0.1) is 0 Å². The predicted octanol–water partition coefficient (Wildman–Crippen LogP) is 2.91. The van der Waals surface area contributed by atoms with Crippen molar-refractivity contribution in [3.63, 3.8) is 0 Å². The largest absolute Gasteiger partial charge is 0.466 e. The molecule has 0 amide bonds. The number of allylic oxidation sites excluding steroid dienone is 1. The molecule has 0 spiro atoms. The van der Waals surface area contributed by atoms with E-state index < -0.39 is 29.5 Å². The summed E-state index contributed by atoms with van der Waals surface area (Å²) in [6, 6.07) is 10.5. The quantitative estimate of drug-likeness (QED) is 0.361. The number of fused-ring (bicyclic) bond motifs is 1. The van der Waals surface area contributed by atoms with E-state index in [1.165, 1.54) is 37.7 Å². The molecule has 0 bridgehead atoms. The molecule has 37 heavy (non-hydrogen) atoms. The normalized spacial score (nSPS) is 15.1. The van der Waals surface area contributed by atoms with E-state index in [1.54, 1.807) is 43.3 Å². The van der Waals surface area contributed by atoms with Crippen LogP contribution in [0, 0.1) is 0 Å². The Kier molecular flexibility index (Phi) is 7.42. The molecule has 1 aromatic heterocycles. The highest BCUT2D eigenvalue weighted by atomic mass is 35.5. The molecular formula is C26H21ClN2O7S. The maximum atomic E-state index is 13.7. The van der Waals surface area contributed by atoms with E-state index in [1.807, 2.05) is 0 Å². The van der Waals surface area contributed by atoms with Crippen LogP contribution >= 0.6 is 22.9 Å². The van der Waals surface area contributed by atoms with Gasteiger partial charge in [0.25, 0.3) is 5.56 Å². The first-order chi connectivity index (χ1) is 17.6. The van der Waals surface area contributed by atoms with E-state index in [9.17, 15) is 19.2 Å². The van der Waals surface area contributed by atoms with Gasteiger partial charge in [0.15, 0.2) is 4.80 Å². The Morgan fingerprint density at radius 1 is 1.05 bits per heavy atom. The summed E-state index contributed by atoms with van der Waals surface area (Å²) in [6.07, 6.45) is 1.55. The van der Waals surface area contributed by atoms with Crippen LogP contribution in [0.2, 0.25) is 5.02 Å². The summed E-state index contributed by atoms with van der Waals surface area (Å²) in [6.45, 7) is 4.17. The first kappa shape index (κ1) is 26.1. The topological polar surface area (TPSA) is 113 Å². The zero-order valence-corrected chi connectivity index (χ0v) is 21.8. The third-order valence-electron chi connectivity index (χ3n) is 5.40. The number of methoxy groups -OCH3 is 1. The summed E-state index contributed by atoms with van der Waals surface area (Å²) < 4.78 is 17.1. The average Bonchev–Trinajstić information content (AvgIpc) is 3.13. The molecule has 1 aliphatic rings. The lowest BCUT2D eigenvalue weighted by atomic mass is 9.96. The number of halogens is 1. The third kappa shape index (κ3) is 5.40. The number of esters is 3. The minimum absolute atomic E-state index is 0.109. The Balaban J connectivity index is 1.93. The molecule has 4 rings (SSSR count). The van der Waals surface area contributed by atoms with Crippen molar-refractivity contribution in [2.45, 2.75) is 26.8 Å². The molecule has 3 aromatic rings. The number of aromatic nitrogens is 1. The van der Waals surface area contributed by atoms with Gasteiger partial charge in [0.2, 0.25) is 0 Å². The molecule has 190 valence electrons. The van der Waals surface area contributed by atoms with Crippen molar-refractivity contribution in [3.05, 3.63) is 89.6 Å². The van der Waals surface area contributed by atoms with E-state index >= 15 is 0 Å². The van der Waals surface area contributed by atoms with Gasteiger partial charge in [-0.2, -0.15) is 0 Å². The second kappa shape index (κ2) is 10.5. The number of nitrogens with zero attached hydrogens (tertiary/aromatic N) is 2. The second-order valence-corrected chi connectivity index (χ2v) is 9.46. The fraction of sp³-hybridized carbons (Fsp3) is 0.192. The van der Waals surface area contributed by atoms with Gasteiger partial charge >= 0.3 is 17.9 Å². The highest BCUT2D eigenvalue weighted by Crippen LogP contribution is 2.31. The summed E-state index contributed by atoms with van der Waals surface area (Å²) in [5, 5.41) is 0.506. The highest BCUT2D eigenvalue weighted by Gasteiger charge is 2.33. The third-order valence-corrected chi connectivity index (χ3v) is 6.63. The molecule has 1 atom stereocenters. The number of rotatable bonds is 5. The van der Waals surface area contributed by atoms with E-state index in [4.69, 9.17) is 25.8 Å². The molecule has 2 heterocycles. The second-order valence-electron chi connectivity index (χ2n) is 8.01. The molecular weight excluding hydrogens is 520 g/mol. The van der Waals surface area contributed by atoms with Crippen LogP contribution in [0.25, 0.3) is 6.08 Å². The summed E-state index contributed by atoms with van der Waals surface area (Å²) in [5.41, 5.74) is 1.30. The van der Waals surface area contributed by atoms with Crippen molar-refractivity contribution in [3.8, 4) is 11.5 Å². The fourth-order valence-electron chi connectivity index (χ4n) is 3.90. The van der Waals surface area contributed by atoms with Crippen LogP contribution in [0.4, 0.5) is 0 Å². The standard InChI is InChI=1S/C26H21ClN2O7S/c1-13-22(25(33)34-4)23(16-5-8-18(27)9-6-16)29-24(32)21(37-26(29)28-13)11-17-7-10-19(35-14(2)30)12-20(17)36-15(3)31/h5-12,23H,1-4H3/b21-11-/t23-/m1/s1. The number of ether oxygens (including phenoxy) is 3. The number of hydrogen-bond donors (Lipinski definition) is 0. The van der Waals surface area contributed by atoms with Crippen molar-refractivity contribution >= 4 is 46.9 Å². The van der Waals surface area contributed by atoms with E-state index in [0.29, 0.717) is 26.6 Å². The molecule has 0 N–H and O–H groups in total.